The molecule has 0 spiro atoms. The summed E-state index contributed by atoms with van der Waals surface area (Å²) in [5.41, 5.74) is -0.467. The quantitative estimate of drug-likeness (QED) is 0.721. The van der Waals surface area contributed by atoms with Gasteiger partial charge in [0.15, 0.2) is 0 Å². The van der Waals surface area contributed by atoms with Crippen molar-refractivity contribution < 1.29 is 14.7 Å². The highest BCUT2D eigenvalue weighted by atomic mass is 16.4. The fraction of sp³-hybridized carbons (Fsp3) is 0.867. The summed E-state index contributed by atoms with van der Waals surface area (Å²) >= 11 is 0. The Morgan fingerprint density at radius 3 is 2.70 bits per heavy atom. The molecule has 20 heavy (non-hydrogen) atoms. The highest BCUT2D eigenvalue weighted by Crippen LogP contribution is 2.48. The summed E-state index contributed by atoms with van der Waals surface area (Å²) in [5, 5.41) is 15.9. The van der Waals surface area contributed by atoms with Crippen LogP contribution in [0, 0.1) is 17.8 Å². The summed E-state index contributed by atoms with van der Waals surface area (Å²) < 4.78 is 0. The van der Waals surface area contributed by atoms with Gasteiger partial charge in [-0.3, -0.25) is 9.59 Å². The second-order valence-corrected chi connectivity index (χ2v) is 6.66. The largest absolute Gasteiger partial charge is 0.481 e. The minimum absolute atomic E-state index is 0.0151. The zero-order chi connectivity index (χ0) is 14.3. The van der Waals surface area contributed by atoms with Crippen LogP contribution in [0.4, 0.5) is 0 Å². The van der Waals surface area contributed by atoms with Gasteiger partial charge in [0.2, 0.25) is 5.91 Å². The fourth-order valence-electron chi connectivity index (χ4n) is 4.61. The van der Waals surface area contributed by atoms with Gasteiger partial charge < -0.3 is 15.7 Å². The number of carboxylic acid groups (broad SMARTS) is 1. The van der Waals surface area contributed by atoms with Gasteiger partial charge in [-0.15, -0.1) is 0 Å². The van der Waals surface area contributed by atoms with E-state index in [4.69, 9.17) is 0 Å². The second-order valence-electron chi connectivity index (χ2n) is 6.66. The van der Waals surface area contributed by atoms with E-state index in [0.717, 1.165) is 45.1 Å². The molecule has 1 saturated heterocycles. The molecular weight excluding hydrogens is 256 g/mol. The summed E-state index contributed by atoms with van der Waals surface area (Å²) in [5.74, 6) is -0.487. The van der Waals surface area contributed by atoms with E-state index in [1.54, 1.807) is 0 Å². The molecule has 3 fully saturated rings. The highest BCUT2D eigenvalue weighted by Gasteiger charge is 2.53. The van der Waals surface area contributed by atoms with Crippen molar-refractivity contribution in [1.82, 2.24) is 10.6 Å². The minimum Gasteiger partial charge on any atom is -0.481 e. The maximum absolute atomic E-state index is 12.6. The number of rotatable bonds is 4. The summed E-state index contributed by atoms with van der Waals surface area (Å²) in [6.45, 7) is 2.90. The summed E-state index contributed by atoms with van der Waals surface area (Å²) in [4.78, 5) is 24.1. The standard InChI is InChI=1S/C15H24N2O3/c1-2-15(6-3-7-16-15)14(20)17-12-10-5-4-9(8-10)11(12)13(18)19/h9-12,16H,2-8H2,1H3,(H,17,20)(H,18,19). The molecule has 1 heterocycles. The van der Waals surface area contributed by atoms with E-state index in [-0.39, 0.29) is 23.8 Å². The molecule has 3 N–H and O–H groups in total. The lowest BCUT2D eigenvalue weighted by atomic mass is 9.83. The number of nitrogens with one attached hydrogen (secondary N) is 2. The predicted molar refractivity (Wildman–Crippen MR) is 74.1 cm³/mol. The van der Waals surface area contributed by atoms with Gasteiger partial charge in [0.05, 0.1) is 11.5 Å². The molecule has 2 bridgehead atoms. The molecule has 0 aromatic carbocycles. The van der Waals surface area contributed by atoms with Crippen LogP contribution in [0.15, 0.2) is 0 Å². The Bertz CT molecular complexity index is 417. The van der Waals surface area contributed by atoms with E-state index in [1.165, 1.54) is 0 Å². The van der Waals surface area contributed by atoms with Crippen LogP contribution >= 0.6 is 0 Å². The average molecular weight is 280 g/mol. The first kappa shape index (κ1) is 13.9. The van der Waals surface area contributed by atoms with Gasteiger partial charge in [-0.2, -0.15) is 0 Å². The van der Waals surface area contributed by atoms with Crippen molar-refractivity contribution in [3.05, 3.63) is 0 Å². The molecule has 0 aromatic heterocycles. The molecule has 3 rings (SSSR count). The van der Waals surface area contributed by atoms with Crippen molar-refractivity contribution in [3.63, 3.8) is 0 Å². The van der Waals surface area contributed by atoms with E-state index in [2.05, 4.69) is 10.6 Å². The lowest BCUT2D eigenvalue weighted by Crippen LogP contribution is -2.58. The van der Waals surface area contributed by atoms with Gasteiger partial charge in [0.1, 0.15) is 0 Å². The van der Waals surface area contributed by atoms with Crippen LogP contribution in [0.3, 0.4) is 0 Å². The van der Waals surface area contributed by atoms with Crippen molar-refractivity contribution in [2.45, 2.75) is 57.0 Å². The Morgan fingerprint density at radius 2 is 2.10 bits per heavy atom. The molecular formula is C15H24N2O3. The molecule has 5 unspecified atom stereocenters. The second kappa shape index (κ2) is 5.02. The molecule has 3 aliphatic rings. The summed E-state index contributed by atoms with van der Waals surface area (Å²) in [7, 11) is 0. The first-order chi connectivity index (χ1) is 9.57. The lowest BCUT2D eigenvalue weighted by molar-refractivity contribution is -0.145. The molecule has 2 aliphatic carbocycles. The van der Waals surface area contributed by atoms with E-state index < -0.39 is 11.5 Å². The Kier molecular flexibility index (Phi) is 3.48. The van der Waals surface area contributed by atoms with Gasteiger partial charge in [-0.05, 0) is 56.9 Å². The smallest absolute Gasteiger partial charge is 0.308 e. The Labute approximate surface area is 119 Å². The molecule has 5 heteroatoms. The number of hydrogen-bond acceptors (Lipinski definition) is 3. The molecule has 5 atom stereocenters. The maximum atomic E-state index is 12.6. The monoisotopic (exact) mass is 280 g/mol. The molecule has 0 aromatic rings. The number of fused-ring (bicyclic) bond motifs is 2. The number of carbonyl (C=O) groups excluding carboxylic acids is 1. The van der Waals surface area contributed by atoms with Crippen LogP contribution < -0.4 is 10.6 Å². The van der Waals surface area contributed by atoms with Crippen LogP contribution in [0.1, 0.15) is 45.4 Å². The van der Waals surface area contributed by atoms with E-state index >= 15 is 0 Å². The van der Waals surface area contributed by atoms with Gasteiger partial charge in [-0.25, -0.2) is 0 Å². The Hall–Kier alpha value is -1.10. The molecule has 1 amide bonds. The normalized spacial score (nSPS) is 42.9. The molecule has 2 saturated carbocycles. The number of carboxylic acids is 1. The van der Waals surface area contributed by atoms with Crippen molar-refractivity contribution in [2.24, 2.45) is 17.8 Å². The third kappa shape index (κ3) is 2.03. The zero-order valence-electron chi connectivity index (χ0n) is 12.0. The lowest BCUT2D eigenvalue weighted by Gasteiger charge is -2.34. The molecule has 1 aliphatic heterocycles. The van der Waals surface area contributed by atoms with Crippen molar-refractivity contribution >= 4 is 11.9 Å². The summed E-state index contributed by atoms with van der Waals surface area (Å²) in [6.07, 6.45) is 5.66. The van der Waals surface area contributed by atoms with Gasteiger partial charge in [0, 0.05) is 6.04 Å². The van der Waals surface area contributed by atoms with Crippen LogP contribution in [0.5, 0.6) is 0 Å². The fourth-order valence-corrected chi connectivity index (χ4v) is 4.61. The van der Waals surface area contributed by atoms with Crippen LogP contribution in [-0.2, 0) is 9.59 Å². The molecule has 0 radical (unpaired) electrons. The number of carbonyl (C=O) groups is 2. The van der Waals surface area contributed by atoms with Crippen LogP contribution in [0.25, 0.3) is 0 Å². The van der Waals surface area contributed by atoms with Crippen molar-refractivity contribution in [3.8, 4) is 0 Å². The third-order valence-corrected chi connectivity index (χ3v) is 5.78. The van der Waals surface area contributed by atoms with Gasteiger partial charge in [0.25, 0.3) is 0 Å². The Morgan fingerprint density at radius 1 is 1.35 bits per heavy atom. The first-order valence-electron chi connectivity index (χ1n) is 7.86. The number of hydrogen-bond donors (Lipinski definition) is 3. The molecule has 112 valence electrons. The van der Waals surface area contributed by atoms with Gasteiger partial charge >= 0.3 is 5.97 Å². The minimum atomic E-state index is -0.743. The predicted octanol–water partition coefficient (Wildman–Crippen LogP) is 1.13. The highest BCUT2D eigenvalue weighted by molar-refractivity contribution is 5.87. The number of aliphatic carboxylic acids is 1. The third-order valence-electron chi connectivity index (χ3n) is 5.78. The van der Waals surface area contributed by atoms with Crippen LogP contribution in [-0.4, -0.2) is 35.1 Å². The number of amides is 1. The Balaban J connectivity index is 1.73. The molecule has 5 nitrogen and oxygen atoms in total. The summed E-state index contributed by atoms with van der Waals surface area (Å²) in [6, 6.07) is -0.162. The van der Waals surface area contributed by atoms with Crippen molar-refractivity contribution in [2.75, 3.05) is 6.54 Å². The van der Waals surface area contributed by atoms with Crippen molar-refractivity contribution in [1.29, 1.82) is 0 Å². The zero-order valence-corrected chi connectivity index (χ0v) is 12.0. The van der Waals surface area contributed by atoms with E-state index in [9.17, 15) is 14.7 Å². The van der Waals surface area contributed by atoms with E-state index in [1.807, 2.05) is 6.92 Å². The van der Waals surface area contributed by atoms with E-state index in [0.29, 0.717) is 5.92 Å². The van der Waals surface area contributed by atoms with Gasteiger partial charge in [-0.1, -0.05) is 6.92 Å². The average Bonchev–Trinajstić information content (AvgIpc) is 3.14. The van der Waals surface area contributed by atoms with Crippen LogP contribution in [0.2, 0.25) is 0 Å². The first-order valence-corrected chi connectivity index (χ1v) is 7.86. The SMILES string of the molecule is CCC1(C(=O)NC2C3CCC(C3)C2C(=O)O)CCCN1. The maximum Gasteiger partial charge on any atom is 0.308 e. The topological polar surface area (TPSA) is 78.4 Å².